The van der Waals surface area contributed by atoms with Gasteiger partial charge in [-0.15, -0.1) is 0 Å². The minimum Gasteiger partial charge on any atom is -0.370 e. The van der Waals surface area contributed by atoms with Crippen LogP contribution in [0.1, 0.15) is 26.2 Å². The molecule has 1 N–H and O–H groups in total. The average Bonchev–Trinajstić information content (AvgIpc) is 2.52. The summed E-state index contributed by atoms with van der Waals surface area (Å²) in [5, 5.41) is 14.0. The SMILES string of the molecule is CCCNC(=O)C1CCCN(c2ccc([N+](=O)[O-])cc2Cl)C1. The van der Waals surface area contributed by atoms with Gasteiger partial charge in [0.1, 0.15) is 0 Å². The lowest BCUT2D eigenvalue weighted by Gasteiger charge is -2.34. The van der Waals surface area contributed by atoms with Gasteiger partial charge in [0, 0.05) is 31.8 Å². The first-order valence-electron chi connectivity index (χ1n) is 7.49. The number of nitrogens with zero attached hydrogens (tertiary/aromatic N) is 2. The van der Waals surface area contributed by atoms with E-state index in [1.54, 1.807) is 6.07 Å². The summed E-state index contributed by atoms with van der Waals surface area (Å²) < 4.78 is 0. The number of nitrogens with one attached hydrogen (secondary N) is 1. The van der Waals surface area contributed by atoms with E-state index in [9.17, 15) is 14.9 Å². The number of nitro groups is 1. The Morgan fingerprint density at radius 3 is 2.95 bits per heavy atom. The van der Waals surface area contributed by atoms with Crippen molar-refractivity contribution < 1.29 is 9.72 Å². The van der Waals surface area contributed by atoms with Gasteiger partial charge in [-0.2, -0.15) is 0 Å². The van der Waals surface area contributed by atoms with Crippen LogP contribution in [0.2, 0.25) is 5.02 Å². The number of hydrogen-bond acceptors (Lipinski definition) is 4. The molecule has 120 valence electrons. The van der Waals surface area contributed by atoms with Gasteiger partial charge in [0.2, 0.25) is 5.91 Å². The third-order valence-electron chi connectivity index (χ3n) is 3.82. The zero-order valence-corrected chi connectivity index (χ0v) is 13.3. The van der Waals surface area contributed by atoms with Gasteiger partial charge in [-0.3, -0.25) is 14.9 Å². The summed E-state index contributed by atoms with van der Waals surface area (Å²) in [5.41, 5.74) is 0.725. The Balaban J connectivity index is 2.09. The van der Waals surface area contributed by atoms with Crippen LogP contribution >= 0.6 is 11.6 Å². The van der Waals surface area contributed by atoms with Crippen LogP contribution in [0.25, 0.3) is 0 Å². The minimum absolute atomic E-state index is 0.0250. The molecular weight excluding hydrogens is 306 g/mol. The Bertz CT molecular complexity index is 565. The lowest BCUT2D eigenvalue weighted by atomic mass is 9.96. The molecule has 1 amide bonds. The molecule has 22 heavy (non-hydrogen) atoms. The number of hydrogen-bond donors (Lipinski definition) is 1. The summed E-state index contributed by atoms with van der Waals surface area (Å²) in [6.45, 7) is 4.10. The lowest BCUT2D eigenvalue weighted by Crippen LogP contribution is -2.43. The fourth-order valence-electron chi connectivity index (χ4n) is 2.67. The van der Waals surface area contributed by atoms with Crippen LogP contribution in [0.3, 0.4) is 0 Å². The van der Waals surface area contributed by atoms with E-state index in [0.717, 1.165) is 31.5 Å². The number of anilines is 1. The van der Waals surface area contributed by atoms with Crippen LogP contribution in [0.5, 0.6) is 0 Å². The molecule has 0 saturated carbocycles. The fourth-order valence-corrected chi connectivity index (χ4v) is 2.96. The highest BCUT2D eigenvalue weighted by Crippen LogP contribution is 2.32. The predicted octanol–water partition coefficient (Wildman–Crippen LogP) is 2.99. The Hall–Kier alpha value is -1.82. The predicted molar refractivity (Wildman–Crippen MR) is 86.3 cm³/mol. The summed E-state index contributed by atoms with van der Waals surface area (Å²) in [7, 11) is 0. The molecule has 6 nitrogen and oxygen atoms in total. The topological polar surface area (TPSA) is 75.5 Å². The van der Waals surface area contributed by atoms with Crippen molar-refractivity contribution in [2.75, 3.05) is 24.5 Å². The number of carbonyl (C=O) groups is 1. The Morgan fingerprint density at radius 1 is 1.55 bits per heavy atom. The highest BCUT2D eigenvalue weighted by molar-refractivity contribution is 6.33. The van der Waals surface area contributed by atoms with Crippen molar-refractivity contribution in [3.8, 4) is 0 Å². The number of benzene rings is 1. The number of rotatable bonds is 5. The smallest absolute Gasteiger partial charge is 0.271 e. The fraction of sp³-hybridized carbons (Fsp3) is 0.533. The normalized spacial score (nSPS) is 18.1. The Kier molecular flexibility index (Phi) is 5.60. The van der Waals surface area contributed by atoms with E-state index in [2.05, 4.69) is 5.32 Å². The van der Waals surface area contributed by atoms with Gasteiger partial charge in [0.05, 0.1) is 21.6 Å². The van der Waals surface area contributed by atoms with E-state index >= 15 is 0 Å². The number of piperidine rings is 1. The van der Waals surface area contributed by atoms with E-state index in [1.807, 2.05) is 11.8 Å². The molecule has 1 aliphatic heterocycles. The van der Waals surface area contributed by atoms with E-state index in [1.165, 1.54) is 12.1 Å². The van der Waals surface area contributed by atoms with Crippen molar-refractivity contribution in [3.63, 3.8) is 0 Å². The highest BCUT2D eigenvalue weighted by atomic mass is 35.5. The molecule has 1 aromatic rings. The van der Waals surface area contributed by atoms with Crippen molar-refractivity contribution in [3.05, 3.63) is 33.3 Å². The van der Waals surface area contributed by atoms with Gasteiger partial charge in [0.25, 0.3) is 5.69 Å². The Morgan fingerprint density at radius 2 is 2.32 bits per heavy atom. The molecular formula is C15H20ClN3O3. The molecule has 7 heteroatoms. The van der Waals surface area contributed by atoms with Crippen molar-refractivity contribution in [2.24, 2.45) is 5.92 Å². The molecule has 1 aliphatic rings. The largest absolute Gasteiger partial charge is 0.370 e. The third-order valence-corrected chi connectivity index (χ3v) is 4.13. The van der Waals surface area contributed by atoms with E-state index in [4.69, 9.17) is 11.6 Å². The maximum absolute atomic E-state index is 12.1. The van der Waals surface area contributed by atoms with Gasteiger partial charge in [-0.05, 0) is 25.3 Å². The van der Waals surface area contributed by atoms with Crippen LogP contribution in [0.15, 0.2) is 18.2 Å². The number of carbonyl (C=O) groups excluding carboxylic acids is 1. The van der Waals surface area contributed by atoms with Crippen LogP contribution < -0.4 is 10.2 Å². The molecule has 0 radical (unpaired) electrons. The summed E-state index contributed by atoms with van der Waals surface area (Å²) in [6, 6.07) is 4.46. The Labute approximate surface area is 134 Å². The number of amides is 1. The standard InChI is InChI=1S/C15H20ClN3O3/c1-2-7-17-15(20)11-4-3-8-18(10-11)14-6-5-12(19(21)22)9-13(14)16/h5-6,9,11H,2-4,7-8,10H2,1H3,(H,17,20). The van der Waals surface area contributed by atoms with E-state index in [0.29, 0.717) is 18.1 Å². The molecule has 0 spiro atoms. The lowest BCUT2D eigenvalue weighted by molar-refractivity contribution is -0.384. The van der Waals surface area contributed by atoms with Gasteiger partial charge in [0.15, 0.2) is 0 Å². The summed E-state index contributed by atoms with van der Waals surface area (Å²) in [5.74, 6) is 0.0103. The van der Waals surface area contributed by atoms with Gasteiger partial charge < -0.3 is 10.2 Å². The second kappa shape index (κ2) is 7.45. The van der Waals surface area contributed by atoms with Gasteiger partial charge in [-0.1, -0.05) is 18.5 Å². The number of nitro benzene ring substituents is 1. The van der Waals surface area contributed by atoms with Crippen molar-refractivity contribution in [2.45, 2.75) is 26.2 Å². The minimum atomic E-state index is -0.465. The maximum Gasteiger partial charge on any atom is 0.271 e. The second-order valence-corrected chi connectivity index (χ2v) is 5.88. The quantitative estimate of drug-likeness (QED) is 0.667. The van der Waals surface area contributed by atoms with Gasteiger partial charge in [-0.25, -0.2) is 0 Å². The molecule has 0 bridgehead atoms. The first kappa shape index (κ1) is 16.5. The maximum atomic E-state index is 12.1. The molecule has 2 rings (SSSR count). The molecule has 1 fully saturated rings. The first-order chi connectivity index (χ1) is 10.5. The number of non-ortho nitro benzene ring substituents is 1. The zero-order valence-electron chi connectivity index (χ0n) is 12.5. The first-order valence-corrected chi connectivity index (χ1v) is 7.87. The van der Waals surface area contributed by atoms with Crippen molar-refractivity contribution in [1.29, 1.82) is 0 Å². The molecule has 1 heterocycles. The van der Waals surface area contributed by atoms with E-state index < -0.39 is 4.92 Å². The van der Waals surface area contributed by atoms with Crippen molar-refractivity contribution in [1.82, 2.24) is 5.32 Å². The average molecular weight is 326 g/mol. The van der Waals surface area contributed by atoms with E-state index in [-0.39, 0.29) is 17.5 Å². The summed E-state index contributed by atoms with van der Waals surface area (Å²) >= 11 is 6.17. The highest BCUT2D eigenvalue weighted by Gasteiger charge is 2.27. The molecule has 1 unspecified atom stereocenters. The van der Waals surface area contributed by atoms with Crippen LogP contribution in [0.4, 0.5) is 11.4 Å². The molecule has 0 aromatic heterocycles. The monoisotopic (exact) mass is 325 g/mol. The number of halogens is 1. The second-order valence-electron chi connectivity index (χ2n) is 5.47. The molecule has 1 saturated heterocycles. The molecule has 1 aromatic carbocycles. The van der Waals surface area contributed by atoms with Crippen molar-refractivity contribution >= 4 is 28.9 Å². The summed E-state index contributed by atoms with van der Waals surface area (Å²) in [6.07, 6.45) is 2.67. The van der Waals surface area contributed by atoms with Crippen LogP contribution in [-0.4, -0.2) is 30.5 Å². The van der Waals surface area contributed by atoms with Crippen LogP contribution in [-0.2, 0) is 4.79 Å². The van der Waals surface area contributed by atoms with Gasteiger partial charge >= 0.3 is 0 Å². The molecule has 1 atom stereocenters. The zero-order chi connectivity index (χ0) is 16.1. The third kappa shape index (κ3) is 3.88. The van der Waals surface area contributed by atoms with Crippen LogP contribution in [0, 0.1) is 16.0 Å². The molecule has 0 aliphatic carbocycles. The summed E-state index contributed by atoms with van der Waals surface area (Å²) in [4.78, 5) is 24.4.